The Hall–Kier alpha value is -1.59. The van der Waals surface area contributed by atoms with Gasteiger partial charge in [0.2, 0.25) is 0 Å². The molecule has 0 radical (unpaired) electrons. The Bertz CT molecular complexity index is 564. The zero-order valence-electron chi connectivity index (χ0n) is 13.4. The molecule has 1 fully saturated rings. The fourth-order valence-corrected chi connectivity index (χ4v) is 3.13. The normalized spacial score (nSPS) is 23.5. The van der Waals surface area contributed by atoms with Gasteiger partial charge in [-0.15, -0.1) is 0 Å². The molecule has 0 bridgehead atoms. The van der Waals surface area contributed by atoms with Gasteiger partial charge in [0.1, 0.15) is 11.9 Å². The van der Waals surface area contributed by atoms with Crippen LogP contribution < -0.4 is 5.32 Å². The molecule has 0 amide bonds. The van der Waals surface area contributed by atoms with E-state index in [1.54, 1.807) is 6.26 Å². The van der Waals surface area contributed by atoms with Crippen LogP contribution in [-0.2, 0) is 18.2 Å². The van der Waals surface area contributed by atoms with Crippen molar-refractivity contribution in [3.05, 3.63) is 42.4 Å². The summed E-state index contributed by atoms with van der Waals surface area (Å²) in [4.78, 5) is 4.19. The summed E-state index contributed by atoms with van der Waals surface area (Å²) in [6, 6.07) is 4.96. The molecule has 2 aromatic rings. The Kier molecular flexibility index (Phi) is 4.95. The molecule has 0 saturated carbocycles. The van der Waals surface area contributed by atoms with Gasteiger partial charge in [-0.2, -0.15) is 0 Å². The van der Waals surface area contributed by atoms with E-state index < -0.39 is 0 Å². The zero-order valence-corrected chi connectivity index (χ0v) is 13.4. The third-order valence-electron chi connectivity index (χ3n) is 4.39. The van der Waals surface area contributed by atoms with E-state index in [0.717, 1.165) is 43.7 Å². The fraction of sp³-hybridized carbons (Fsp3) is 0.588. The van der Waals surface area contributed by atoms with E-state index in [-0.39, 0.29) is 6.10 Å². The van der Waals surface area contributed by atoms with Crippen molar-refractivity contribution in [1.29, 1.82) is 0 Å². The molecular formula is C17H25N3O2. The van der Waals surface area contributed by atoms with Gasteiger partial charge in [-0.25, -0.2) is 4.98 Å². The Morgan fingerprint density at radius 2 is 2.41 bits per heavy atom. The number of nitrogens with zero attached hydrogens (tertiary/aromatic N) is 2. The lowest BCUT2D eigenvalue weighted by Gasteiger charge is -2.32. The van der Waals surface area contributed by atoms with Gasteiger partial charge in [0, 0.05) is 32.2 Å². The maximum Gasteiger partial charge on any atom is 0.103 e. The predicted molar refractivity (Wildman–Crippen MR) is 84.5 cm³/mol. The Balaban J connectivity index is 1.48. The smallest absolute Gasteiger partial charge is 0.103 e. The number of nitrogens with one attached hydrogen (secondary N) is 1. The highest BCUT2D eigenvalue weighted by atomic mass is 16.5. The summed E-state index contributed by atoms with van der Waals surface area (Å²) in [6.45, 7) is 3.05. The molecule has 0 spiro atoms. The van der Waals surface area contributed by atoms with Crippen LogP contribution in [0.2, 0.25) is 0 Å². The molecular weight excluding hydrogens is 278 g/mol. The molecule has 3 rings (SSSR count). The number of aryl methyl sites for hydroxylation is 2. The van der Waals surface area contributed by atoms with Gasteiger partial charge in [-0.05, 0) is 38.3 Å². The number of imidazole rings is 1. The number of hydrogen-bond donors (Lipinski definition) is 1. The molecule has 2 aromatic heterocycles. The molecule has 0 aliphatic carbocycles. The second kappa shape index (κ2) is 7.11. The average Bonchev–Trinajstić information content (AvgIpc) is 3.16. The second-order valence-electron chi connectivity index (χ2n) is 6.20. The SMILES string of the molecule is C[C@H](CCc1ccco1)N[C@H]1CCO[C@@H](c2cncn2C)C1. The van der Waals surface area contributed by atoms with Crippen molar-refractivity contribution in [2.75, 3.05) is 6.61 Å². The van der Waals surface area contributed by atoms with Crippen LogP contribution in [0.3, 0.4) is 0 Å². The molecule has 1 aliphatic heterocycles. The Labute approximate surface area is 131 Å². The van der Waals surface area contributed by atoms with Crippen LogP contribution in [0.15, 0.2) is 35.3 Å². The van der Waals surface area contributed by atoms with Crippen LogP contribution in [0.1, 0.15) is 43.7 Å². The number of aromatic nitrogens is 2. The average molecular weight is 303 g/mol. The van der Waals surface area contributed by atoms with E-state index in [1.165, 1.54) is 0 Å². The monoisotopic (exact) mass is 303 g/mol. The highest BCUT2D eigenvalue weighted by Crippen LogP contribution is 2.27. The largest absolute Gasteiger partial charge is 0.469 e. The molecule has 5 heteroatoms. The Morgan fingerprint density at radius 1 is 1.50 bits per heavy atom. The van der Waals surface area contributed by atoms with Gasteiger partial charge in [-0.1, -0.05) is 0 Å². The zero-order chi connectivity index (χ0) is 15.4. The van der Waals surface area contributed by atoms with Crippen molar-refractivity contribution in [3.8, 4) is 0 Å². The minimum Gasteiger partial charge on any atom is -0.469 e. The van der Waals surface area contributed by atoms with Crippen molar-refractivity contribution < 1.29 is 9.15 Å². The molecule has 120 valence electrons. The van der Waals surface area contributed by atoms with Gasteiger partial charge in [0.15, 0.2) is 0 Å². The highest BCUT2D eigenvalue weighted by molar-refractivity contribution is 5.04. The van der Waals surface area contributed by atoms with Crippen molar-refractivity contribution in [3.63, 3.8) is 0 Å². The van der Waals surface area contributed by atoms with Crippen molar-refractivity contribution in [1.82, 2.24) is 14.9 Å². The first kappa shape index (κ1) is 15.3. The second-order valence-corrected chi connectivity index (χ2v) is 6.20. The number of rotatable bonds is 6. The fourth-order valence-electron chi connectivity index (χ4n) is 3.13. The van der Waals surface area contributed by atoms with Crippen LogP contribution in [0.25, 0.3) is 0 Å². The first-order valence-electron chi connectivity index (χ1n) is 8.08. The van der Waals surface area contributed by atoms with Crippen molar-refractivity contribution in [2.24, 2.45) is 7.05 Å². The van der Waals surface area contributed by atoms with E-state index >= 15 is 0 Å². The van der Waals surface area contributed by atoms with Crippen LogP contribution in [-0.4, -0.2) is 28.2 Å². The lowest BCUT2D eigenvalue weighted by Crippen LogP contribution is -2.41. The highest BCUT2D eigenvalue weighted by Gasteiger charge is 2.26. The quantitative estimate of drug-likeness (QED) is 0.891. The van der Waals surface area contributed by atoms with E-state index in [1.807, 2.05) is 36.3 Å². The maximum atomic E-state index is 5.92. The summed E-state index contributed by atoms with van der Waals surface area (Å²) in [5.74, 6) is 1.06. The molecule has 0 unspecified atom stereocenters. The van der Waals surface area contributed by atoms with Gasteiger partial charge < -0.3 is 19.0 Å². The van der Waals surface area contributed by atoms with Gasteiger partial charge in [0.25, 0.3) is 0 Å². The van der Waals surface area contributed by atoms with E-state index in [0.29, 0.717) is 12.1 Å². The molecule has 22 heavy (non-hydrogen) atoms. The Morgan fingerprint density at radius 3 is 3.14 bits per heavy atom. The third kappa shape index (κ3) is 3.78. The topological polar surface area (TPSA) is 52.2 Å². The van der Waals surface area contributed by atoms with Crippen molar-refractivity contribution in [2.45, 2.75) is 50.8 Å². The first-order valence-corrected chi connectivity index (χ1v) is 8.08. The summed E-state index contributed by atoms with van der Waals surface area (Å²) in [6.07, 6.45) is 9.77. The van der Waals surface area contributed by atoms with Crippen LogP contribution >= 0.6 is 0 Å². The minimum atomic E-state index is 0.149. The first-order chi connectivity index (χ1) is 10.7. The van der Waals surface area contributed by atoms with Gasteiger partial charge in [0.05, 0.1) is 24.5 Å². The summed E-state index contributed by atoms with van der Waals surface area (Å²) in [5, 5.41) is 3.74. The molecule has 1 saturated heterocycles. The van der Waals surface area contributed by atoms with Crippen molar-refractivity contribution >= 4 is 0 Å². The molecule has 5 nitrogen and oxygen atoms in total. The number of ether oxygens (including phenoxy) is 1. The van der Waals surface area contributed by atoms with Gasteiger partial charge in [-0.3, -0.25) is 0 Å². The molecule has 3 heterocycles. The molecule has 3 atom stereocenters. The lowest BCUT2D eigenvalue weighted by atomic mass is 9.99. The summed E-state index contributed by atoms with van der Waals surface area (Å²) < 4.78 is 13.4. The summed E-state index contributed by atoms with van der Waals surface area (Å²) >= 11 is 0. The van der Waals surface area contributed by atoms with E-state index in [4.69, 9.17) is 9.15 Å². The molecule has 1 N–H and O–H groups in total. The van der Waals surface area contributed by atoms with Crippen LogP contribution in [0.4, 0.5) is 0 Å². The van der Waals surface area contributed by atoms with E-state index in [2.05, 4.69) is 17.2 Å². The van der Waals surface area contributed by atoms with Crippen LogP contribution in [0, 0.1) is 0 Å². The maximum absolute atomic E-state index is 5.92. The lowest BCUT2D eigenvalue weighted by molar-refractivity contribution is -0.00547. The minimum absolute atomic E-state index is 0.149. The predicted octanol–water partition coefficient (Wildman–Crippen LogP) is 2.84. The van der Waals surface area contributed by atoms with Gasteiger partial charge >= 0.3 is 0 Å². The van der Waals surface area contributed by atoms with E-state index in [9.17, 15) is 0 Å². The number of furan rings is 1. The third-order valence-corrected chi connectivity index (χ3v) is 4.39. The summed E-state index contributed by atoms with van der Waals surface area (Å²) in [7, 11) is 2.02. The summed E-state index contributed by atoms with van der Waals surface area (Å²) in [5.41, 5.74) is 1.16. The molecule has 0 aromatic carbocycles. The standard InChI is InChI=1S/C17H25N3O2/c1-13(5-6-15-4-3-8-21-15)19-14-7-9-22-17(10-14)16-11-18-12-20(16)2/h3-4,8,11-14,17,19H,5-7,9-10H2,1-2H3/t13-,14+,17-/m1/s1. The number of hydrogen-bond acceptors (Lipinski definition) is 4. The molecule has 1 aliphatic rings. The van der Waals surface area contributed by atoms with Crippen LogP contribution in [0.5, 0.6) is 0 Å².